The Kier molecular flexibility index (Phi) is 8.76. The number of hydrogen-bond acceptors (Lipinski definition) is 6. The van der Waals surface area contributed by atoms with Crippen LogP contribution >= 0.6 is 0 Å². The number of nitrogens with zero attached hydrogens (tertiary/aromatic N) is 6. The van der Waals surface area contributed by atoms with Gasteiger partial charge in [0, 0.05) is 32.3 Å². The molecule has 0 radical (unpaired) electrons. The van der Waals surface area contributed by atoms with Crippen molar-refractivity contribution in [2.24, 2.45) is 0 Å². The Labute approximate surface area is 371 Å². The van der Waals surface area contributed by atoms with Gasteiger partial charge in [0.2, 0.25) is 0 Å². The van der Waals surface area contributed by atoms with Crippen molar-refractivity contribution in [1.29, 1.82) is 0 Å². The summed E-state index contributed by atoms with van der Waals surface area (Å²) in [6.07, 6.45) is 0. The average Bonchev–Trinajstić information content (AvgIpc) is 3.33. The number of para-hydroxylation sites is 4. The highest BCUT2D eigenvalue weighted by molar-refractivity contribution is 6.29. The van der Waals surface area contributed by atoms with Gasteiger partial charge in [-0.15, -0.1) is 0 Å². The van der Waals surface area contributed by atoms with Gasteiger partial charge in [-0.3, -0.25) is 9.80 Å². The van der Waals surface area contributed by atoms with Crippen LogP contribution in [0.2, 0.25) is 0 Å². The second kappa shape index (κ2) is 14.8. The summed E-state index contributed by atoms with van der Waals surface area (Å²) in [6, 6.07) is 64.6. The minimum atomic E-state index is 0.225. The van der Waals surface area contributed by atoms with Crippen LogP contribution in [0.15, 0.2) is 182 Å². The molecule has 0 N–H and O–H groups in total. The van der Waals surface area contributed by atoms with Crippen LogP contribution in [-0.2, 0) is 0 Å². The highest BCUT2D eigenvalue weighted by atomic mass is 15.3. The van der Waals surface area contributed by atoms with Crippen molar-refractivity contribution in [3.63, 3.8) is 0 Å². The Bertz CT molecular complexity index is 3370. The molecule has 6 nitrogen and oxygen atoms in total. The lowest BCUT2D eigenvalue weighted by Crippen LogP contribution is -2.15. The van der Waals surface area contributed by atoms with Crippen LogP contribution in [0, 0.1) is 0 Å². The lowest BCUT2D eigenvalue weighted by molar-refractivity contribution is 0.875. The zero-order valence-electron chi connectivity index (χ0n) is 36.2. The second-order valence-electron chi connectivity index (χ2n) is 17.5. The fourth-order valence-electron chi connectivity index (χ4n) is 9.78. The van der Waals surface area contributed by atoms with E-state index in [-0.39, 0.29) is 11.8 Å². The third kappa shape index (κ3) is 6.09. The number of fused-ring (bicyclic) bond motifs is 4. The monoisotopic (exact) mass is 824 g/mol. The predicted octanol–water partition coefficient (Wildman–Crippen LogP) is 16.0. The van der Waals surface area contributed by atoms with E-state index in [0.717, 1.165) is 89.0 Å². The Morgan fingerprint density at radius 3 is 0.891 bits per heavy atom. The van der Waals surface area contributed by atoms with Gasteiger partial charge < -0.3 is 0 Å². The van der Waals surface area contributed by atoms with E-state index in [1.165, 1.54) is 32.7 Å². The van der Waals surface area contributed by atoms with Crippen molar-refractivity contribution >= 4 is 111 Å². The Balaban J connectivity index is 1.19. The van der Waals surface area contributed by atoms with Crippen molar-refractivity contribution in [3.05, 3.63) is 193 Å². The van der Waals surface area contributed by atoms with E-state index in [4.69, 9.17) is 19.9 Å². The van der Waals surface area contributed by atoms with Crippen molar-refractivity contribution in [2.75, 3.05) is 9.80 Å². The van der Waals surface area contributed by atoms with Crippen LogP contribution in [0.4, 0.5) is 34.6 Å². The summed E-state index contributed by atoms with van der Waals surface area (Å²) < 4.78 is 0. The van der Waals surface area contributed by atoms with Gasteiger partial charge in [-0.2, -0.15) is 0 Å². The van der Waals surface area contributed by atoms with Gasteiger partial charge in [0.15, 0.2) is 0 Å². The number of aromatic nitrogens is 4. The summed E-state index contributed by atoms with van der Waals surface area (Å²) in [5.74, 6) is 3.69. The van der Waals surface area contributed by atoms with Crippen molar-refractivity contribution < 1.29 is 0 Å². The molecule has 0 aliphatic rings. The number of rotatable bonds is 8. The van der Waals surface area contributed by atoms with E-state index in [2.05, 4.69) is 219 Å². The maximum absolute atomic E-state index is 5.34. The van der Waals surface area contributed by atoms with E-state index in [9.17, 15) is 0 Å². The smallest absolute Gasteiger partial charge is 0.139 e. The minimum Gasteiger partial charge on any atom is -0.278 e. The molecule has 0 aliphatic carbocycles. The third-order valence-corrected chi connectivity index (χ3v) is 12.9. The van der Waals surface area contributed by atoms with Gasteiger partial charge in [0.1, 0.15) is 23.3 Å². The van der Waals surface area contributed by atoms with Gasteiger partial charge >= 0.3 is 0 Å². The van der Waals surface area contributed by atoms with Crippen molar-refractivity contribution in [3.8, 4) is 0 Å². The van der Waals surface area contributed by atoms with Crippen molar-refractivity contribution in [2.45, 2.75) is 39.5 Å². The Morgan fingerprint density at radius 2 is 0.594 bits per heavy atom. The maximum atomic E-state index is 5.34. The first-order valence-electron chi connectivity index (χ1n) is 22.2. The quantitative estimate of drug-likeness (QED) is 0.142. The molecule has 0 fully saturated rings. The molecule has 12 rings (SSSR count). The van der Waals surface area contributed by atoms with Crippen LogP contribution in [0.3, 0.4) is 0 Å². The maximum Gasteiger partial charge on any atom is 0.139 e. The van der Waals surface area contributed by atoms with Crippen LogP contribution in [0.25, 0.3) is 75.9 Å². The number of anilines is 6. The molecule has 0 saturated heterocycles. The van der Waals surface area contributed by atoms with E-state index < -0.39 is 0 Å². The zero-order chi connectivity index (χ0) is 43.1. The summed E-state index contributed by atoms with van der Waals surface area (Å²) in [4.78, 5) is 25.9. The molecule has 4 heterocycles. The fourth-order valence-corrected chi connectivity index (χ4v) is 9.78. The van der Waals surface area contributed by atoms with Gasteiger partial charge in [-0.1, -0.05) is 125 Å². The molecule has 4 aromatic heterocycles. The summed E-state index contributed by atoms with van der Waals surface area (Å²) in [5, 5.41) is 11.6. The van der Waals surface area contributed by atoms with E-state index >= 15 is 0 Å². The molecule has 0 unspecified atom stereocenters. The highest BCUT2D eigenvalue weighted by Crippen LogP contribution is 2.50. The largest absolute Gasteiger partial charge is 0.278 e. The molecule has 0 spiro atoms. The number of hydrogen-bond donors (Lipinski definition) is 0. The van der Waals surface area contributed by atoms with Crippen molar-refractivity contribution in [1.82, 2.24) is 19.9 Å². The first-order valence-corrected chi connectivity index (χ1v) is 22.2. The van der Waals surface area contributed by atoms with Gasteiger partial charge in [-0.05, 0) is 129 Å². The lowest BCUT2D eigenvalue weighted by atomic mass is 9.84. The SMILES string of the molecule is CC(C)c1cc(N(c2ccc3ccccc3n2)c2ccc3ccccc3n2)c2ccc3c(C(C)C)cc(N(c4ccc5ccccc5n4)c4ccc5ccccc5n4)c4ccc1c2c34. The molecule has 64 heavy (non-hydrogen) atoms. The van der Waals surface area contributed by atoms with Gasteiger partial charge in [-0.25, -0.2) is 19.9 Å². The molecule has 12 aromatic rings. The summed E-state index contributed by atoms with van der Waals surface area (Å²) in [6.45, 7) is 9.19. The molecular weight excluding hydrogens is 781 g/mol. The van der Waals surface area contributed by atoms with Crippen LogP contribution < -0.4 is 9.80 Å². The van der Waals surface area contributed by atoms with E-state index in [1.807, 2.05) is 0 Å². The molecule has 0 saturated carbocycles. The molecule has 0 amide bonds. The molecule has 8 aromatic carbocycles. The average molecular weight is 825 g/mol. The normalized spacial score (nSPS) is 12.0. The minimum absolute atomic E-state index is 0.225. The van der Waals surface area contributed by atoms with Crippen LogP contribution in [0.5, 0.6) is 0 Å². The summed E-state index contributed by atoms with van der Waals surface area (Å²) in [5.41, 5.74) is 8.35. The summed E-state index contributed by atoms with van der Waals surface area (Å²) in [7, 11) is 0. The standard InChI is InChI=1S/C58H44N6/c1-35(2)45-33-51(63(53-29-21-37-13-5-9-17-47(37)59-53)54-30-22-38-14-6-10-18-48(38)60-54)43-28-26-42-46(36(3)4)34-52(44-27-25-41(45)57(43)58(42)44)64(55-31-23-39-15-7-11-19-49(39)61-55)56-32-24-40-16-8-12-20-50(40)62-56/h5-36H,1-4H3. The molecule has 306 valence electrons. The Hall–Kier alpha value is -7.96. The zero-order valence-corrected chi connectivity index (χ0v) is 36.2. The molecule has 0 aliphatic heterocycles. The molecule has 0 bridgehead atoms. The first kappa shape index (κ1) is 37.8. The second-order valence-corrected chi connectivity index (χ2v) is 17.5. The predicted molar refractivity (Wildman–Crippen MR) is 269 cm³/mol. The fraction of sp³-hybridized carbons (Fsp3) is 0.103. The summed E-state index contributed by atoms with van der Waals surface area (Å²) >= 11 is 0. The Morgan fingerprint density at radius 1 is 0.312 bits per heavy atom. The lowest BCUT2D eigenvalue weighted by Gasteiger charge is -2.30. The van der Waals surface area contributed by atoms with E-state index in [1.54, 1.807) is 0 Å². The third-order valence-electron chi connectivity index (χ3n) is 12.9. The van der Waals surface area contributed by atoms with Crippen LogP contribution in [0.1, 0.15) is 50.7 Å². The molecule has 6 heteroatoms. The topological polar surface area (TPSA) is 58.0 Å². The number of pyridine rings is 4. The van der Waals surface area contributed by atoms with Gasteiger partial charge in [0.25, 0.3) is 0 Å². The van der Waals surface area contributed by atoms with Gasteiger partial charge in [0.05, 0.1) is 33.4 Å². The van der Waals surface area contributed by atoms with Crippen LogP contribution in [-0.4, -0.2) is 19.9 Å². The van der Waals surface area contributed by atoms with E-state index in [0.29, 0.717) is 0 Å². The molecule has 0 atom stereocenters. The highest BCUT2D eigenvalue weighted by Gasteiger charge is 2.27. The number of benzene rings is 8. The first-order chi connectivity index (χ1) is 31.4. The molecular formula is C58H44N6.